The zero-order chi connectivity index (χ0) is 27.1. The number of amides is 2. The first kappa shape index (κ1) is 27.7. The van der Waals surface area contributed by atoms with Crippen LogP contribution in [0.1, 0.15) is 42.5 Å². The highest BCUT2D eigenvalue weighted by Crippen LogP contribution is 2.40. The highest BCUT2D eigenvalue weighted by Gasteiger charge is 2.46. The van der Waals surface area contributed by atoms with E-state index >= 15 is 0 Å². The summed E-state index contributed by atoms with van der Waals surface area (Å²) >= 11 is 0. The highest BCUT2D eigenvalue weighted by molar-refractivity contribution is 6.46. The summed E-state index contributed by atoms with van der Waals surface area (Å²) in [4.78, 5) is 40.7. The summed E-state index contributed by atoms with van der Waals surface area (Å²) < 4.78 is 11.1. The van der Waals surface area contributed by atoms with E-state index in [0.29, 0.717) is 42.3 Å². The summed E-state index contributed by atoms with van der Waals surface area (Å²) in [5.41, 5.74) is 6.98. The molecule has 1 aliphatic rings. The number of aliphatic hydroxyl groups is 1. The van der Waals surface area contributed by atoms with E-state index in [4.69, 9.17) is 15.2 Å². The molecule has 2 aromatic carbocycles. The first-order valence-corrected chi connectivity index (χ1v) is 12.3. The number of benzene rings is 2. The number of carbonyl (C=O) groups is 3. The number of unbranched alkanes of at least 4 members (excludes halogenated alkanes) is 1. The van der Waals surface area contributed by atoms with Crippen LogP contribution in [0, 0.1) is 6.92 Å². The van der Waals surface area contributed by atoms with Gasteiger partial charge in [-0.15, -0.1) is 0 Å². The van der Waals surface area contributed by atoms with Gasteiger partial charge in [-0.1, -0.05) is 25.5 Å². The third-order valence-corrected chi connectivity index (χ3v) is 6.12. The topological polar surface area (TPSA) is 122 Å². The van der Waals surface area contributed by atoms with E-state index in [1.165, 1.54) is 4.90 Å². The standard InChI is InChI=1S/C28H35N3O6/c1-5-6-15-36-21-11-12-22(18(2)16-21)26(33)24-25(31(14-13-30(3)4)28(35)27(24)34)19-7-9-20(10-8-19)37-17-23(29)32/h7-12,16,25,33H,5-6,13-15,17H2,1-4H3,(H2,29,32). The molecule has 1 fully saturated rings. The Balaban J connectivity index is 2.03. The SMILES string of the molecule is CCCCOc1ccc(C(O)=C2C(=O)C(=O)N(CCN(C)C)C2c2ccc(OCC(N)=O)cc2)c(C)c1. The molecule has 0 aromatic heterocycles. The molecule has 9 nitrogen and oxygen atoms in total. The molecule has 198 valence electrons. The molecular formula is C28H35N3O6. The Kier molecular flexibility index (Phi) is 9.30. The Morgan fingerprint density at radius 1 is 1.08 bits per heavy atom. The molecule has 2 amide bonds. The molecule has 37 heavy (non-hydrogen) atoms. The van der Waals surface area contributed by atoms with Crippen molar-refractivity contribution in [3.05, 3.63) is 64.7 Å². The zero-order valence-electron chi connectivity index (χ0n) is 21.8. The van der Waals surface area contributed by atoms with Gasteiger partial charge in [0.25, 0.3) is 17.6 Å². The Morgan fingerprint density at radius 2 is 1.76 bits per heavy atom. The molecule has 1 saturated heterocycles. The van der Waals surface area contributed by atoms with Gasteiger partial charge < -0.3 is 30.1 Å². The quantitative estimate of drug-likeness (QED) is 0.195. The van der Waals surface area contributed by atoms with E-state index in [9.17, 15) is 19.5 Å². The number of aryl methyl sites for hydroxylation is 1. The van der Waals surface area contributed by atoms with Crippen LogP contribution in [0.3, 0.4) is 0 Å². The number of carbonyl (C=O) groups excluding carboxylic acids is 3. The van der Waals surface area contributed by atoms with Crippen LogP contribution in [-0.2, 0) is 14.4 Å². The average Bonchev–Trinajstić information content (AvgIpc) is 3.11. The number of rotatable bonds is 12. The number of nitrogens with zero attached hydrogens (tertiary/aromatic N) is 2. The van der Waals surface area contributed by atoms with Crippen LogP contribution in [0.15, 0.2) is 48.0 Å². The second-order valence-electron chi connectivity index (χ2n) is 9.30. The van der Waals surface area contributed by atoms with Gasteiger partial charge in [0, 0.05) is 18.7 Å². The Labute approximate surface area is 217 Å². The van der Waals surface area contributed by atoms with Gasteiger partial charge in [-0.25, -0.2) is 0 Å². The lowest BCUT2D eigenvalue weighted by molar-refractivity contribution is -0.140. The van der Waals surface area contributed by atoms with Crippen LogP contribution >= 0.6 is 0 Å². The second kappa shape index (κ2) is 12.4. The highest BCUT2D eigenvalue weighted by atomic mass is 16.5. The van der Waals surface area contributed by atoms with Crippen molar-refractivity contribution >= 4 is 23.4 Å². The molecule has 0 bridgehead atoms. The Bertz CT molecular complexity index is 1170. The maximum absolute atomic E-state index is 13.2. The molecule has 0 saturated carbocycles. The van der Waals surface area contributed by atoms with Crippen LogP contribution in [0.4, 0.5) is 0 Å². The number of ketones is 1. The first-order valence-electron chi connectivity index (χ1n) is 12.3. The molecule has 3 N–H and O–H groups in total. The maximum Gasteiger partial charge on any atom is 0.295 e. The van der Waals surface area contributed by atoms with E-state index in [1.54, 1.807) is 36.4 Å². The molecule has 3 rings (SSSR count). The number of hydrogen-bond donors (Lipinski definition) is 2. The lowest BCUT2D eigenvalue weighted by Gasteiger charge is -2.26. The number of aliphatic hydroxyl groups excluding tert-OH is 1. The molecule has 2 aromatic rings. The van der Waals surface area contributed by atoms with Gasteiger partial charge >= 0.3 is 0 Å². The summed E-state index contributed by atoms with van der Waals surface area (Å²) in [6.07, 6.45) is 1.95. The van der Waals surface area contributed by atoms with Gasteiger partial charge in [-0.2, -0.15) is 0 Å². The second-order valence-corrected chi connectivity index (χ2v) is 9.30. The number of Topliss-reactive ketones (excluding diaryl/α,β-unsaturated/α-hetero) is 1. The van der Waals surface area contributed by atoms with Gasteiger partial charge in [-0.3, -0.25) is 14.4 Å². The number of likely N-dealkylation sites (tertiary alicyclic amines) is 1. The number of primary amides is 1. The molecule has 9 heteroatoms. The number of hydrogen-bond acceptors (Lipinski definition) is 7. The van der Waals surface area contributed by atoms with E-state index < -0.39 is 23.6 Å². The van der Waals surface area contributed by atoms with E-state index in [2.05, 4.69) is 6.92 Å². The molecule has 1 aliphatic heterocycles. The van der Waals surface area contributed by atoms with Crippen LogP contribution in [-0.4, -0.2) is 72.9 Å². The minimum Gasteiger partial charge on any atom is -0.507 e. The van der Waals surface area contributed by atoms with Gasteiger partial charge in [-0.05, 0) is 68.9 Å². The van der Waals surface area contributed by atoms with Crippen LogP contribution < -0.4 is 15.2 Å². The van der Waals surface area contributed by atoms with Crippen molar-refractivity contribution in [1.29, 1.82) is 0 Å². The minimum atomic E-state index is -0.787. The lowest BCUT2D eigenvalue weighted by Crippen LogP contribution is -2.35. The summed E-state index contributed by atoms with van der Waals surface area (Å²) in [5, 5.41) is 11.4. The molecule has 0 spiro atoms. The van der Waals surface area contributed by atoms with E-state index in [1.807, 2.05) is 32.0 Å². The summed E-state index contributed by atoms with van der Waals surface area (Å²) in [6, 6.07) is 11.2. The average molecular weight is 510 g/mol. The monoisotopic (exact) mass is 509 g/mol. The lowest BCUT2D eigenvalue weighted by atomic mass is 9.94. The largest absolute Gasteiger partial charge is 0.507 e. The summed E-state index contributed by atoms with van der Waals surface area (Å²) in [5.74, 6) is -1.14. The van der Waals surface area contributed by atoms with Crippen molar-refractivity contribution in [2.24, 2.45) is 5.73 Å². The fraction of sp³-hybridized carbons (Fsp3) is 0.393. The van der Waals surface area contributed by atoms with Gasteiger partial charge in [0.15, 0.2) is 6.61 Å². The Hall–Kier alpha value is -3.85. The predicted octanol–water partition coefficient (Wildman–Crippen LogP) is 3.02. The third-order valence-electron chi connectivity index (χ3n) is 6.12. The van der Waals surface area contributed by atoms with E-state index in [-0.39, 0.29) is 17.9 Å². The smallest absolute Gasteiger partial charge is 0.295 e. The molecule has 1 atom stereocenters. The predicted molar refractivity (Wildman–Crippen MR) is 140 cm³/mol. The molecule has 1 unspecified atom stereocenters. The van der Waals surface area contributed by atoms with Crippen molar-refractivity contribution in [3.8, 4) is 11.5 Å². The van der Waals surface area contributed by atoms with Crippen molar-refractivity contribution in [3.63, 3.8) is 0 Å². The number of nitrogens with two attached hydrogens (primary N) is 1. The number of ether oxygens (including phenoxy) is 2. The first-order chi connectivity index (χ1) is 17.6. The minimum absolute atomic E-state index is 0.0253. The van der Waals surface area contributed by atoms with Crippen molar-refractivity contribution in [2.45, 2.75) is 32.7 Å². The molecule has 0 radical (unpaired) electrons. The van der Waals surface area contributed by atoms with Crippen molar-refractivity contribution in [1.82, 2.24) is 9.80 Å². The Morgan fingerprint density at radius 3 is 2.35 bits per heavy atom. The fourth-order valence-electron chi connectivity index (χ4n) is 4.14. The normalized spacial score (nSPS) is 16.9. The summed E-state index contributed by atoms with van der Waals surface area (Å²) in [7, 11) is 3.76. The van der Waals surface area contributed by atoms with E-state index in [0.717, 1.165) is 18.4 Å². The molecular weight excluding hydrogens is 474 g/mol. The fourth-order valence-corrected chi connectivity index (χ4v) is 4.14. The van der Waals surface area contributed by atoms with Crippen LogP contribution in [0.5, 0.6) is 11.5 Å². The molecule has 1 heterocycles. The third kappa shape index (κ3) is 6.68. The molecule has 0 aliphatic carbocycles. The zero-order valence-corrected chi connectivity index (χ0v) is 21.8. The maximum atomic E-state index is 13.2. The van der Waals surface area contributed by atoms with Gasteiger partial charge in [0.05, 0.1) is 18.2 Å². The van der Waals surface area contributed by atoms with Gasteiger partial charge in [0.2, 0.25) is 0 Å². The van der Waals surface area contributed by atoms with Gasteiger partial charge in [0.1, 0.15) is 17.3 Å². The van der Waals surface area contributed by atoms with Crippen LogP contribution in [0.25, 0.3) is 5.76 Å². The summed E-state index contributed by atoms with van der Waals surface area (Å²) in [6.45, 7) is 5.06. The number of likely N-dealkylation sites (N-methyl/N-ethyl adjacent to an activating group) is 1. The van der Waals surface area contributed by atoms with Crippen molar-refractivity contribution in [2.75, 3.05) is 40.4 Å². The van der Waals surface area contributed by atoms with Crippen LogP contribution in [0.2, 0.25) is 0 Å². The van der Waals surface area contributed by atoms with Crippen molar-refractivity contribution < 1.29 is 29.0 Å².